The molecule has 3 N–H and O–H groups in total. The van der Waals surface area contributed by atoms with Gasteiger partial charge >= 0.3 is 0 Å². The average Bonchev–Trinajstić information content (AvgIpc) is 2.49. The Balaban J connectivity index is 2.07. The van der Waals surface area contributed by atoms with Crippen molar-refractivity contribution >= 4 is 17.3 Å². The number of hydrogen-bond donors (Lipinski definition) is 2. The molecule has 0 bridgehead atoms. The number of anilines is 2. The number of aromatic hydroxyl groups is 1. The lowest BCUT2D eigenvalue weighted by Gasteiger charge is -2.35. The molecule has 1 aliphatic heterocycles. The van der Waals surface area contributed by atoms with Gasteiger partial charge in [0.1, 0.15) is 0 Å². The second kappa shape index (κ2) is 5.13. The lowest BCUT2D eigenvalue weighted by atomic mass is 9.95. The highest BCUT2D eigenvalue weighted by Gasteiger charge is 2.30. The van der Waals surface area contributed by atoms with Gasteiger partial charge in [0, 0.05) is 11.7 Å². The van der Waals surface area contributed by atoms with Crippen molar-refractivity contribution in [3.8, 4) is 5.75 Å². The summed E-state index contributed by atoms with van der Waals surface area (Å²) < 4.78 is 0. The second-order valence-electron chi connectivity index (χ2n) is 5.43. The number of rotatable bonds is 1. The number of phenols is 1. The van der Waals surface area contributed by atoms with Crippen LogP contribution in [0.25, 0.3) is 0 Å². The summed E-state index contributed by atoms with van der Waals surface area (Å²) in [5.74, 6) is -0.350. The number of fused-ring (bicyclic) bond motifs is 1. The zero-order chi connectivity index (χ0) is 15.0. The molecule has 0 aromatic heterocycles. The molecule has 4 nitrogen and oxygen atoms in total. The van der Waals surface area contributed by atoms with Gasteiger partial charge in [-0.2, -0.15) is 0 Å². The standard InChI is InChI=1S/C17H18N2O2/c1-11-9-10-12-5-2-3-8-15(12)19(11)17(21)13-6-4-7-14(18)16(13)20/h2-8,11,20H,9-10,18H2,1H3. The smallest absolute Gasteiger partial charge is 0.262 e. The predicted octanol–water partition coefficient (Wildman–Crippen LogP) is 2.96. The van der Waals surface area contributed by atoms with E-state index in [-0.39, 0.29) is 28.9 Å². The van der Waals surface area contributed by atoms with Crippen LogP contribution in [-0.2, 0) is 6.42 Å². The Bertz CT molecular complexity index is 697. The van der Waals surface area contributed by atoms with Crippen molar-refractivity contribution in [3.05, 3.63) is 53.6 Å². The lowest BCUT2D eigenvalue weighted by molar-refractivity contribution is 0.0972. The van der Waals surface area contributed by atoms with Crippen molar-refractivity contribution in [2.24, 2.45) is 0 Å². The number of nitrogens with two attached hydrogens (primary N) is 1. The lowest BCUT2D eigenvalue weighted by Crippen LogP contribution is -2.42. The van der Waals surface area contributed by atoms with E-state index < -0.39 is 0 Å². The summed E-state index contributed by atoms with van der Waals surface area (Å²) in [6, 6.07) is 12.9. The van der Waals surface area contributed by atoms with Crippen LogP contribution in [0.3, 0.4) is 0 Å². The van der Waals surface area contributed by atoms with Gasteiger partial charge < -0.3 is 15.7 Å². The maximum absolute atomic E-state index is 12.9. The fourth-order valence-corrected chi connectivity index (χ4v) is 2.86. The number of para-hydroxylation sites is 2. The molecule has 1 atom stereocenters. The van der Waals surface area contributed by atoms with E-state index in [1.165, 1.54) is 0 Å². The third-order valence-corrected chi connectivity index (χ3v) is 4.04. The molecule has 0 aliphatic carbocycles. The highest BCUT2D eigenvalue weighted by molar-refractivity contribution is 6.09. The van der Waals surface area contributed by atoms with E-state index in [0.29, 0.717) is 0 Å². The minimum atomic E-state index is -0.209. The first-order chi connectivity index (χ1) is 10.1. The molecule has 1 heterocycles. The SMILES string of the molecule is CC1CCc2ccccc2N1C(=O)c1cccc(N)c1O. The van der Waals surface area contributed by atoms with E-state index in [2.05, 4.69) is 0 Å². The number of benzene rings is 2. The third kappa shape index (κ3) is 2.23. The van der Waals surface area contributed by atoms with E-state index in [4.69, 9.17) is 5.73 Å². The van der Waals surface area contributed by atoms with Crippen LogP contribution in [-0.4, -0.2) is 17.1 Å². The number of nitrogens with zero attached hydrogens (tertiary/aromatic N) is 1. The molecular weight excluding hydrogens is 264 g/mol. The fraction of sp³-hybridized carbons (Fsp3) is 0.235. The molecular formula is C17H18N2O2. The van der Waals surface area contributed by atoms with Gasteiger partial charge in [0.2, 0.25) is 0 Å². The van der Waals surface area contributed by atoms with E-state index in [9.17, 15) is 9.90 Å². The number of nitrogen functional groups attached to an aromatic ring is 1. The molecule has 0 saturated heterocycles. The minimum absolute atomic E-state index is 0.0910. The molecule has 2 aromatic rings. The summed E-state index contributed by atoms with van der Waals surface area (Å²) in [5, 5.41) is 10.1. The summed E-state index contributed by atoms with van der Waals surface area (Å²) in [5.41, 5.74) is 8.25. The second-order valence-corrected chi connectivity index (χ2v) is 5.43. The predicted molar refractivity (Wildman–Crippen MR) is 83.6 cm³/mol. The first-order valence-corrected chi connectivity index (χ1v) is 7.08. The molecule has 21 heavy (non-hydrogen) atoms. The Morgan fingerprint density at radius 1 is 1.24 bits per heavy atom. The van der Waals surface area contributed by atoms with Gasteiger partial charge in [-0.1, -0.05) is 24.3 Å². The average molecular weight is 282 g/mol. The topological polar surface area (TPSA) is 66.6 Å². The summed E-state index contributed by atoms with van der Waals surface area (Å²) in [7, 11) is 0. The molecule has 2 aromatic carbocycles. The summed E-state index contributed by atoms with van der Waals surface area (Å²) in [6.45, 7) is 2.02. The van der Waals surface area contributed by atoms with Crippen molar-refractivity contribution in [1.29, 1.82) is 0 Å². The molecule has 4 heteroatoms. The van der Waals surface area contributed by atoms with Crippen molar-refractivity contribution in [3.63, 3.8) is 0 Å². The Hall–Kier alpha value is -2.49. The van der Waals surface area contributed by atoms with E-state index in [0.717, 1.165) is 24.1 Å². The Morgan fingerprint density at radius 2 is 2.00 bits per heavy atom. The molecule has 1 aliphatic rings. The van der Waals surface area contributed by atoms with Gasteiger partial charge in [0.15, 0.2) is 5.75 Å². The molecule has 0 fully saturated rings. The molecule has 3 rings (SSSR count). The van der Waals surface area contributed by atoms with Crippen molar-refractivity contribution in [2.75, 3.05) is 10.6 Å². The molecule has 0 radical (unpaired) electrons. The number of carbonyl (C=O) groups excluding carboxylic acids is 1. The molecule has 0 spiro atoms. The Kier molecular flexibility index (Phi) is 3.29. The van der Waals surface area contributed by atoms with Gasteiger partial charge in [-0.25, -0.2) is 0 Å². The third-order valence-electron chi connectivity index (χ3n) is 4.04. The van der Waals surface area contributed by atoms with Crippen LogP contribution < -0.4 is 10.6 Å². The Labute approximate surface area is 123 Å². The van der Waals surface area contributed by atoms with Crippen LogP contribution in [0.2, 0.25) is 0 Å². The fourth-order valence-electron chi connectivity index (χ4n) is 2.86. The van der Waals surface area contributed by atoms with Gasteiger partial charge in [-0.05, 0) is 43.5 Å². The van der Waals surface area contributed by atoms with E-state index in [1.807, 2.05) is 31.2 Å². The van der Waals surface area contributed by atoms with E-state index in [1.54, 1.807) is 23.1 Å². The largest absolute Gasteiger partial charge is 0.505 e. The van der Waals surface area contributed by atoms with Crippen molar-refractivity contribution in [2.45, 2.75) is 25.8 Å². The highest BCUT2D eigenvalue weighted by atomic mass is 16.3. The number of aryl methyl sites for hydroxylation is 1. The van der Waals surface area contributed by atoms with Gasteiger partial charge in [0.25, 0.3) is 5.91 Å². The molecule has 108 valence electrons. The molecule has 1 unspecified atom stereocenters. The summed E-state index contributed by atoms with van der Waals surface area (Å²) in [6.07, 6.45) is 1.87. The van der Waals surface area contributed by atoms with Crippen molar-refractivity contribution in [1.82, 2.24) is 0 Å². The van der Waals surface area contributed by atoms with Gasteiger partial charge in [0.05, 0.1) is 11.3 Å². The first-order valence-electron chi connectivity index (χ1n) is 7.08. The van der Waals surface area contributed by atoms with Crippen LogP contribution >= 0.6 is 0 Å². The number of phenolic OH excluding ortho intramolecular Hbond substituents is 1. The van der Waals surface area contributed by atoms with Crippen LogP contribution in [0.5, 0.6) is 5.75 Å². The van der Waals surface area contributed by atoms with Crippen LogP contribution in [0, 0.1) is 0 Å². The number of hydrogen-bond acceptors (Lipinski definition) is 3. The van der Waals surface area contributed by atoms with Crippen LogP contribution in [0.15, 0.2) is 42.5 Å². The minimum Gasteiger partial charge on any atom is -0.505 e. The Morgan fingerprint density at radius 3 is 2.81 bits per heavy atom. The quantitative estimate of drug-likeness (QED) is 0.624. The van der Waals surface area contributed by atoms with Crippen molar-refractivity contribution < 1.29 is 9.90 Å². The first kappa shape index (κ1) is 13.5. The molecule has 0 saturated carbocycles. The van der Waals surface area contributed by atoms with Gasteiger partial charge in [-0.15, -0.1) is 0 Å². The summed E-state index contributed by atoms with van der Waals surface area (Å²) >= 11 is 0. The normalized spacial score (nSPS) is 17.4. The van der Waals surface area contributed by atoms with Crippen LogP contribution in [0.4, 0.5) is 11.4 Å². The highest BCUT2D eigenvalue weighted by Crippen LogP contribution is 2.34. The number of amides is 1. The zero-order valence-electron chi connectivity index (χ0n) is 11.9. The van der Waals surface area contributed by atoms with E-state index >= 15 is 0 Å². The number of carbonyl (C=O) groups is 1. The van der Waals surface area contributed by atoms with Crippen LogP contribution in [0.1, 0.15) is 29.3 Å². The zero-order valence-corrected chi connectivity index (χ0v) is 11.9. The van der Waals surface area contributed by atoms with Gasteiger partial charge in [-0.3, -0.25) is 4.79 Å². The monoisotopic (exact) mass is 282 g/mol. The maximum atomic E-state index is 12.9. The molecule has 1 amide bonds. The maximum Gasteiger partial charge on any atom is 0.262 e. The summed E-state index contributed by atoms with van der Waals surface area (Å²) in [4.78, 5) is 14.6.